The van der Waals surface area contributed by atoms with Crippen molar-refractivity contribution in [2.75, 3.05) is 23.7 Å². The average Bonchev–Trinajstić information content (AvgIpc) is 2.73. The molecular formula is C20H19F3N6O. The summed E-state index contributed by atoms with van der Waals surface area (Å²) >= 11 is 0. The summed E-state index contributed by atoms with van der Waals surface area (Å²) in [5.41, 5.74) is 0.617. The normalized spacial score (nSPS) is 11.0. The molecule has 0 atom stereocenters. The highest BCUT2D eigenvalue weighted by Crippen LogP contribution is 2.29. The van der Waals surface area contributed by atoms with Crippen LogP contribution >= 0.6 is 0 Å². The Morgan fingerprint density at radius 3 is 2.17 bits per heavy atom. The number of nitrogens with zero attached hydrogens (tertiary/aromatic N) is 3. The lowest BCUT2D eigenvalue weighted by Gasteiger charge is -2.09. The van der Waals surface area contributed by atoms with Crippen molar-refractivity contribution in [2.45, 2.75) is 12.6 Å². The number of halogens is 3. The molecule has 0 bridgehead atoms. The van der Waals surface area contributed by atoms with Crippen molar-refractivity contribution in [3.05, 3.63) is 72.1 Å². The second kappa shape index (κ2) is 9.68. The Morgan fingerprint density at radius 1 is 0.867 bits per heavy atom. The van der Waals surface area contributed by atoms with Crippen molar-refractivity contribution in [1.82, 2.24) is 20.5 Å². The van der Waals surface area contributed by atoms with Crippen LogP contribution in [-0.4, -0.2) is 34.2 Å². The van der Waals surface area contributed by atoms with E-state index in [4.69, 9.17) is 0 Å². The van der Waals surface area contributed by atoms with E-state index in [1.165, 1.54) is 12.1 Å². The Labute approximate surface area is 170 Å². The summed E-state index contributed by atoms with van der Waals surface area (Å²) in [6, 6.07) is 11.7. The summed E-state index contributed by atoms with van der Waals surface area (Å²) in [6.07, 6.45) is -1.05. The van der Waals surface area contributed by atoms with Crippen LogP contribution in [0.25, 0.3) is 0 Å². The first-order chi connectivity index (χ1) is 14.4. The van der Waals surface area contributed by atoms with E-state index in [1.54, 1.807) is 36.7 Å². The standard InChI is InChI=1S/C20H19F3N6O/c21-20(22,23)15-3-1-14(2-4-15)13-19(30)26-12-11-25-17-5-6-18(29-28-17)27-16-7-9-24-10-8-16/h1-10H,11-13H2,(H,25,28)(H,26,30)(H,24,27,29). The largest absolute Gasteiger partial charge is 0.416 e. The Balaban J connectivity index is 1.37. The summed E-state index contributed by atoms with van der Waals surface area (Å²) in [4.78, 5) is 15.9. The van der Waals surface area contributed by atoms with E-state index in [0.717, 1.165) is 17.8 Å². The fourth-order valence-corrected chi connectivity index (χ4v) is 2.53. The van der Waals surface area contributed by atoms with E-state index >= 15 is 0 Å². The fraction of sp³-hybridized carbons (Fsp3) is 0.200. The van der Waals surface area contributed by atoms with Crippen LogP contribution in [0.1, 0.15) is 11.1 Å². The lowest BCUT2D eigenvalue weighted by molar-refractivity contribution is -0.137. The van der Waals surface area contributed by atoms with Gasteiger partial charge >= 0.3 is 6.18 Å². The van der Waals surface area contributed by atoms with Crippen LogP contribution in [0.15, 0.2) is 60.9 Å². The number of rotatable bonds is 8. The van der Waals surface area contributed by atoms with Crippen molar-refractivity contribution in [2.24, 2.45) is 0 Å². The number of nitrogens with one attached hydrogen (secondary N) is 3. The van der Waals surface area contributed by atoms with Gasteiger partial charge in [-0.1, -0.05) is 12.1 Å². The molecule has 0 radical (unpaired) electrons. The Kier molecular flexibility index (Phi) is 6.79. The summed E-state index contributed by atoms with van der Waals surface area (Å²) in [5.74, 6) is 0.850. The molecule has 0 aliphatic carbocycles. The van der Waals surface area contributed by atoms with E-state index in [1.807, 2.05) is 0 Å². The molecule has 2 heterocycles. The van der Waals surface area contributed by atoms with Crippen LogP contribution in [-0.2, 0) is 17.4 Å². The van der Waals surface area contributed by atoms with Crippen LogP contribution in [0.3, 0.4) is 0 Å². The van der Waals surface area contributed by atoms with Crippen molar-refractivity contribution >= 4 is 23.2 Å². The topological polar surface area (TPSA) is 91.8 Å². The lowest BCUT2D eigenvalue weighted by atomic mass is 10.1. The molecule has 3 rings (SSSR count). The molecule has 156 valence electrons. The molecule has 0 unspecified atom stereocenters. The average molecular weight is 416 g/mol. The molecule has 0 fully saturated rings. The zero-order valence-electron chi connectivity index (χ0n) is 15.8. The number of carbonyl (C=O) groups is 1. The van der Waals surface area contributed by atoms with Gasteiger partial charge in [0.05, 0.1) is 12.0 Å². The second-order valence-corrected chi connectivity index (χ2v) is 6.31. The molecule has 0 aliphatic heterocycles. The molecule has 7 nitrogen and oxygen atoms in total. The maximum absolute atomic E-state index is 12.5. The number of pyridine rings is 1. The van der Waals surface area contributed by atoms with Crippen molar-refractivity contribution in [3.63, 3.8) is 0 Å². The van der Waals surface area contributed by atoms with E-state index in [2.05, 4.69) is 31.1 Å². The molecule has 2 aromatic heterocycles. The van der Waals surface area contributed by atoms with Gasteiger partial charge in [-0.05, 0) is 42.0 Å². The molecule has 0 saturated carbocycles. The number of anilines is 3. The molecule has 0 spiro atoms. The molecule has 0 saturated heterocycles. The smallest absolute Gasteiger partial charge is 0.367 e. The third kappa shape index (κ3) is 6.43. The maximum Gasteiger partial charge on any atom is 0.416 e. The van der Waals surface area contributed by atoms with Gasteiger partial charge in [-0.25, -0.2) is 0 Å². The van der Waals surface area contributed by atoms with Crippen molar-refractivity contribution < 1.29 is 18.0 Å². The van der Waals surface area contributed by atoms with Crippen LogP contribution in [0.2, 0.25) is 0 Å². The number of benzene rings is 1. The third-order valence-electron chi connectivity index (χ3n) is 4.02. The Bertz CT molecular complexity index is 947. The van der Waals surface area contributed by atoms with Crippen molar-refractivity contribution in [1.29, 1.82) is 0 Å². The van der Waals surface area contributed by atoms with Crippen LogP contribution in [0.5, 0.6) is 0 Å². The van der Waals surface area contributed by atoms with E-state index in [9.17, 15) is 18.0 Å². The highest BCUT2D eigenvalue weighted by Gasteiger charge is 2.29. The highest BCUT2D eigenvalue weighted by molar-refractivity contribution is 5.78. The molecule has 3 N–H and O–H groups in total. The molecular weight excluding hydrogens is 397 g/mol. The number of amides is 1. The molecule has 0 aliphatic rings. The molecule has 30 heavy (non-hydrogen) atoms. The predicted molar refractivity (Wildman–Crippen MR) is 106 cm³/mol. The maximum atomic E-state index is 12.5. The SMILES string of the molecule is O=C(Cc1ccc(C(F)(F)F)cc1)NCCNc1ccc(Nc2ccncc2)nn1. The number of carbonyl (C=O) groups excluding carboxylic acids is 1. The highest BCUT2D eigenvalue weighted by atomic mass is 19.4. The lowest BCUT2D eigenvalue weighted by Crippen LogP contribution is -2.30. The van der Waals surface area contributed by atoms with Gasteiger partial charge in [-0.2, -0.15) is 13.2 Å². The van der Waals surface area contributed by atoms with Gasteiger partial charge < -0.3 is 16.0 Å². The Hall–Kier alpha value is -3.69. The molecule has 1 aromatic carbocycles. The zero-order valence-corrected chi connectivity index (χ0v) is 15.8. The van der Waals surface area contributed by atoms with Crippen molar-refractivity contribution in [3.8, 4) is 0 Å². The summed E-state index contributed by atoms with van der Waals surface area (Å²) in [7, 11) is 0. The number of hydrogen-bond acceptors (Lipinski definition) is 6. The molecule has 10 heteroatoms. The summed E-state index contributed by atoms with van der Waals surface area (Å²) < 4.78 is 37.6. The van der Waals surface area contributed by atoms with Gasteiger partial charge in [0.2, 0.25) is 5.91 Å². The fourth-order valence-electron chi connectivity index (χ4n) is 2.53. The Morgan fingerprint density at radius 2 is 1.53 bits per heavy atom. The first-order valence-electron chi connectivity index (χ1n) is 9.07. The number of alkyl halides is 3. The number of aromatic nitrogens is 3. The van der Waals surface area contributed by atoms with E-state index in [-0.39, 0.29) is 12.3 Å². The van der Waals surface area contributed by atoms with Crippen LogP contribution in [0.4, 0.5) is 30.5 Å². The van der Waals surface area contributed by atoms with Crippen LogP contribution in [0, 0.1) is 0 Å². The monoisotopic (exact) mass is 416 g/mol. The minimum Gasteiger partial charge on any atom is -0.367 e. The van der Waals surface area contributed by atoms with Gasteiger partial charge in [0.15, 0.2) is 5.82 Å². The zero-order chi connectivity index (χ0) is 21.4. The van der Waals surface area contributed by atoms with E-state index < -0.39 is 11.7 Å². The number of hydrogen-bond donors (Lipinski definition) is 3. The van der Waals surface area contributed by atoms with Gasteiger partial charge in [0, 0.05) is 31.2 Å². The van der Waals surface area contributed by atoms with Gasteiger partial charge in [0.25, 0.3) is 0 Å². The first-order valence-corrected chi connectivity index (χ1v) is 9.07. The third-order valence-corrected chi connectivity index (χ3v) is 4.02. The van der Waals surface area contributed by atoms with Crippen LogP contribution < -0.4 is 16.0 Å². The van der Waals surface area contributed by atoms with Gasteiger partial charge in [0.1, 0.15) is 5.82 Å². The van der Waals surface area contributed by atoms with Gasteiger partial charge in [-0.3, -0.25) is 9.78 Å². The minimum atomic E-state index is -4.39. The minimum absolute atomic E-state index is 0.00726. The van der Waals surface area contributed by atoms with Gasteiger partial charge in [-0.15, -0.1) is 10.2 Å². The molecule has 3 aromatic rings. The summed E-state index contributed by atoms with van der Waals surface area (Å²) in [5, 5.41) is 16.9. The molecule has 1 amide bonds. The predicted octanol–water partition coefficient (Wildman–Crippen LogP) is 3.40. The first kappa shape index (κ1) is 21.0. The van der Waals surface area contributed by atoms with E-state index in [0.29, 0.717) is 30.3 Å². The second-order valence-electron chi connectivity index (χ2n) is 6.31. The quantitative estimate of drug-likeness (QED) is 0.488. The summed E-state index contributed by atoms with van der Waals surface area (Å²) in [6.45, 7) is 0.753.